The fraction of sp³-hybridized carbons (Fsp3) is 0.636. The number of hydrogen-bond donors (Lipinski definition) is 1. The zero-order valence-electron chi connectivity index (χ0n) is 10.6. The van der Waals surface area contributed by atoms with E-state index >= 15 is 0 Å². The molecule has 0 radical (unpaired) electrons. The summed E-state index contributed by atoms with van der Waals surface area (Å²) in [6.07, 6.45) is 4.59. The largest absolute Gasteiger partial charge is 0.366 e. The van der Waals surface area contributed by atoms with Crippen LogP contribution in [0.25, 0.3) is 0 Å². The Morgan fingerprint density at radius 3 is 2.89 bits per heavy atom. The monoisotopic (exact) mass is 270 g/mol. The second kappa shape index (κ2) is 5.19. The van der Waals surface area contributed by atoms with Crippen molar-refractivity contribution >= 4 is 15.8 Å². The van der Waals surface area contributed by atoms with Crippen LogP contribution in [0.5, 0.6) is 0 Å². The third kappa shape index (κ3) is 3.39. The summed E-state index contributed by atoms with van der Waals surface area (Å²) in [4.78, 5) is 8.16. The molecule has 1 aromatic heterocycles. The summed E-state index contributed by atoms with van der Waals surface area (Å²) in [6.45, 7) is 3.01. The van der Waals surface area contributed by atoms with Gasteiger partial charge in [-0.15, -0.1) is 0 Å². The van der Waals surface area contributed by atoms with Crippen LogP contribution in [0.3, 0.4) is 0 Å². The topological polar surface area (TPSA) is 75.2 Å². The van der Waals surface area contributed by atoms with Crippen molar-refractivity contribution in [3.05, 3.63) is 18.1 Å². The Bertz CT molecular complexity index is 518. The zero-order chi connectivity index (χ0) is 13.2. The van der Waals surface area contributed by atoms with Gasteiger partial charge in [0.2, 0.25) is 10.0 Å². The Kier molecular flexibility index (Phi) is 3.82. The van der Waals surface area contributed by atoms with E-state index in [1.807, 2.05) is 13.0 Å². The van der Waals surface area contributed by atoms with Crippen LogP contribution in [-0.2, 0) is 10.0 Å². The van der Waals surface area contributed by atoms with Crippen LogP contribution in [0.15, 0.2) is 12.4 Å². The third-order valence-electron chi connectivity index (χ3n) is 3.01. The molecule has 0 aromatic carbocycles. The lowest BCUT2D eigenvalue weighted by Gasteiger charge is -2.31. The SMILES string of the molecule is Cc1cc(NC2CCCN(S(C)(=O)=O)C2)ncn1. The molecule has 0 bridgehead atoms. The normalized spacial score (nSPS) is 21.8. The summed E-state index contributed by atoms with van der Waals surface area (Å²) in [5, 5.41) is 3.27. The predicted molar refractivity (Wildman–Crippen MR) is 69.8 cm³/mol. The molecule has 100 valence electrons. The first-order valence-electron chi connectivity index (χ1n) is 5.95. The molecule has 0 saturated carbocycles. The molecule has 18 heavy (non-hydrogen) atoms. The van der Waals surface area contributed by atoms with Crippen LogP contribution in [0.2, 0.25) is 0 Å². The molecule has 2 heterocycles. The van der Waals surface area contributed by atoms with Gasteiger partial charge in [-0.25, -0.2) is 22.7 Å². The number of aryl methyl sites for hydroxylation is 1. The Morgan fingerprint density at radius 2 is 2.22 bits per heavy atom. The second-order valence-electron chi connectivity index (χ2n) is 4.65. The summed E-state index contributed by atoms with van der Waals surface area (Å²) < 4.78 is 24.5. The van der Waals surface area contributed by atoms with Gasteiger partial charge in [0, 0.05) is 30.9 Å². The molecule has 0 spiro atoms. The molecule has 1 aromatic rings. The highest BCUT2D eigenvalue weighted by atomic mass is 32.2. The Hall–Kier alpha value is -1.21. The van der Waals surface area contributed by atoms with Gasteiger partial charge in [0.05, 0.1) is 6.26 Å². The minimum absolute atomic E-state index is 0.114. The highest BCUT2D eigenvalue weighted by Crippen LogP contribution is 2.16. The van der Waals surface area contributed by atoms with Crippen molar-refractivity contribution in [2.24, 2.45) is 0 Å². The highest BCUT2D eigenvalue weighted by Gasteiger charge is 2.25. The standard InChI is InChI=1S/C11H18N4O2S/c1-9-6-11(13-8-12-9)14-10-4-3-5-15(7-10)18(2,16)17/h6,8,10H,3-5,7H2,1-2H3,(H,12,13,14). The Morgan fingerprint density at radius 1 is 1.44 bits per heavy atom. The highest BCUT2D eigenvalue weighted by molar-refractivity contribution is 7.88. The van der Waals surface area contributed by atoms with Gasteiger partial charge in [-0.3, -0.25) is 0 Å². The summed E-state index contributed by atoms with van der Waals surface area (Å²) >= 11 is 0. The molecule has 0 aliphatic carbocycles. The molecular weight excluding hydrogens is 252 g/mol. The lowest BCUT2D eigenvalue weighted by molar-refractivity contribution is 0.329. The third-order valence-corrected chi connectivity index (χ3v) is 4.28. The number of hydrogen-bond acceptors (Lipinski definition) is 5. The Balaban J connectivity index is 2.02. The van der Waals surface area contributed by atoms with E-state index in [1.54, 1.807) is 0 Å². The van der Waals surface area contributed by atoms with Crippen LogP contribution in [0.1, 0.15) is 18.5 Å². The van der Waals surface area contributed by atoms with Crippen molar-refractivity contribution in [3.8, 4) is 0 Å². The van der Waals surface area contributed by atoms with E-state index < -0.39 is 10.0 Å². The molecular formula is C11H18N4O2S. The van der Waals surface area contributed by atoms with Crippen molar-refractivity contribution in [1.29, 1.82) is 0 Å². The van der Waals surface area contributed by atoms with Crippen LogP contribution in [-0.4, -0.2) is 48.1 Å². The van der Waals surface area contributed by atoms with Crippen LogP contribution >= 0.6 is 0 Å². The maximum absolute atomic E-state index is 11.5. The molecule has 6 nitrogen and oxygen atoms in total. The molecule has 1 aliphatic rings. The summed E-state index contributed by atoms with van der Waals surface area (Å²) in [6, 6.07) is 1.97. The van der Waals surface area contributed by atoms with Gasteiger partial charge >= 0.3 is 0 Å². The van der Waals surface area contributed by atoms with Gasteiger partial charge in [0.15, 0.2) is 0 Å². The lowest BCUT2D eigenvalue weighted by atomic mass is 10.1. The first kappa shape index (κ1) is 13.2. The quantitative estimate of drug-likeness (QED) is 0.871. The maximum Gasteiger partial charge on any atom is 0.211 e. The molecule has 1 atom stereocenters. The molecule has 2 rings (SSSR count). The molecule has 1 saturated heterocycles. The summed E-state index contributed by atoms with van der Waals surface area (Å²) in [5.74, 6) is 0.753. The molecule has 1 N–H and O–H groups in total. The van der Waals surface area contributed by atoms with Gasteiger partial charge in [-0.05, 0) is 19.8 Å². The van der Waals surface area contributed by atoms with Crippen molar-refractivity contribution in [2.75, 3.05) is 24.7 Å². The number of nitrogens with zero attached hydrogens (tertiary/aromatic N) is 3. The van der Waals surface area contributed by atoms with Gasteiger partial charge in [0.1, 0.15) is 12.1 Å². The van der Waals surface area contributed by atoms with Crippen molar-refractivity contribution < 1.29 is 8.42 Å². The van der Waals surface area contributed by atoms with Gasteiger partial charge in [0.25, 0.3) is 0 Å². The van der Waals surface area contributed by atoms with E-state index in [-0.39, 0.29) is 6.04 Å². The first-order valence-corrected chi connectivity index (χ1v) is 7.80. The Labute approximate surface area is 107 Å². The van der Waals surface area contributed by atoms with E-state index in [2.05, 4.69) is 15.3 Å². The molecule has 1 unspecified atom stereocenters. The van der Waals surface area contributed by atoms with Crippen LogP contribution < -0.4 is 5.32 Å². The van der Waals surface area contributed by atoms with Crippen molar-refractivity contribution in [1.82, 2.24) is 14.3 Å². The summed E-state index contributed by atoms with van der Waals surface area (Å²) in [7, 11) is -3.10. The van der Waals surface area contributed by atoms with Crippen LogP contribution in [0, 0.1) is 6.92 Å². The lowest BCUT2D eigenvalue weighted by Crippen LogP contribution is -2.44. The minimum atomic E-state index is -3.10. The van der Waals surface area contributed by atoms with Gasteiger partial charge < -0.3 is 5.32 Å². The van der Waals surface area contributed by atoms with Gasteiger partial charge in [-0.1, -0.05) is 0 Å². The average Bonchev–Trinajstić information content (AvgIpc) is 2.28. The van der Waals surface area contributed by atoms with E-state index in [0.29, 0.717) is 13.1 Å². The molecule has 0 amide bonds. The molecule has 1 aliphatic heterocycles. The van der Waals surface area contributed by atoms with E-state index in [4.69, 9.17) is 0 Å². The summed E-state index contributed by atoms with van der Waals surface area (Å²) in [5.41, 5.74) is 0.892. The fourth-order valence-corrected chi connectivity index (χ4v) is 3.02. The molecule has 7 heteroatoms. The first-order chi connectivity index (χ1) is 8.45. The number of piperidine rings is 1. The number of sulfonamides is 1. The maximum atomic E-state index is 11.5. The predicted octanol–water partition coefficient (Wildman–Crippen LogP) is 0.621. The average molecular weight is 270 g/mol. The van der Waals surface area contributed by atoms with E-state index in [9.17, 15) is 8.42 Å². The number of rotatable bonds is 3. The second-order valence-corrected chi connectivity index (χ2v) is 6.63. The fourth-order valence-electron chi connectivity index (χ4n) is 2.10. The smallest absolute Gasteiger partial charge is 0.211 e. The van der Waals surface area contributed by atoms with E-state index in [1.165, 1.54) is 16.9 Å². The van der Waals surface area contributed by atoms with E-state index in [0.717, 1.165) is 24.4 Å². The van der Waals surface area contributed by atoms with Gasteiger partial charge in [-0.2, -0.15) is 0 Å². The van der Waals surface area contributed by atoms with Crippen molar-refractivity contribution in [2.45, 2.75) is 25.8 Å². The van der Waals surface area contributed by atoms with Crippen LogP contribution in [0.4, 0.5) is 5.82 Å². The van der Waals surface area contributed by atoms with Crippen molar-refractivity contribution in [3.63, 3.8) is 0 Å². The number of anilines is 1. The zero-order valence-corrected chi connectivity index (χ0v) is 11.4. The number of nitrogens with one attached hydrogen (secondary N) is 1. The molecule has 1 fully saturated rings. The minimum Gasteiger partial charge on any atom is -0.366 e. The number of aromatic nitrogens is 2.